The van der Waals surface area contributed by atoms with E-state index in [1.165, 1.54) is 50.0 Å². The number of rotatable bonds is 3. The number of nitrogens with zero attached hydrogens (tertiary/aromatic N) is 1. The molecule has 1 fully saturated rings. The number of hydrogen-bond donors (Lipinski definition) is 1. The summed E-state index contributed by atoms with van der Waals surface area (Å²) < 4.78 is 0. The van der Waals surface area contributed by atoms with Crippen molar-refractivity contribution in [3.05, 3.63) is 35.4 Å². The summed E-state index contributed by atoms with van der Waals surface area (Å²) in [4.78, 5) is 2.61. The van der Waals surface area contributed by atoms with Gasteiger partial charge in [-0.15, -0.1) is 0 Å². The summed E-state index contributed by atoms with van der Waals surface area (Å²) in [5, 5.41) is 3.64. The summed E-state index contributed by atoms with van der Waals surface area (Å²) in [5.41, 5.74) is 2.80. The van der Waals surface area contributed by atoms with Crippen LogP contribution in [0, 0.1) is 6.92 Å². The predicted molar refractivity (Wildman–Crippen MR) is 77.8 cm³/mol. The minimum atomic E-state index is 0.714. The molecule has 18 heavy (non-hydrogen) atoms. The molecule has 2 nitrogen and oxygen atoms in total. The molecule has 0 spiro atoms. The maximum absolute atomic E-state index is 3.64. The molecule has 1 aromatic carbocycles. The Labute approximate surface area is 111 Å². The minimum Gasteiger partial charge on any atom is -0.314 e. The Kier molecular flexibility index (Phi) is 5.21. The summed E-state index contributed by atoms with van der Waals surface area (Å²) in [6.07, 6.45) is 3.79. The van der Waals surface area contributed by atoms with Gasteiger partial charge in [-0.1, -0.05) is 36.8 Å². The second-order valence-corrected chi connectivity index (χ2v) is 5.46. The molecular weight excluding hydrogens is 220 g/mol. The molecule has 2 rings (SSSR count). The van der Waals surface area contributed by atoms with E-state index in [9.17, 15) is 0 Å². The zero-order valence-corrected chi connectivity index (χ0v) is 11.8. The number of benzene rings is 1. The Morgan fingerprint density at radius 3 is 2.72 bits per heavy atom. The van der Waals surface area contributed by atoms with Crippen LogP contribution in [0.4, 0.5) is 0 Å². The number of hydrogen-bond acceptors (Lipinski definition) is 2. The van der Waals surface area contributed by atoms with Crippen molar-refractivity contribution in [3.8, 4) is 0 Å². The van der Waals surface area contributed by atoms with Crippen LogP contribution in [0.3, 0.4) is 0 Å². The Hall–Kier alpha value is -0.860. The lowest BCUT2D eigenvalue weighted by molar-refractivity contribution is 0.224. The van der Waals surface area contributed by atoms with Gasteiger partial charge in [0.05, 0.1) is 0 Å². The lowest BCUT2D eigenvalue weighted by Gasteiger charge is -2.28. The number of nitrogens with one attached hydrogen (secondary N) is 1. The molecule has 1 aromatic rings. The highest BCUT2D eigenvalue weighted by Crippen LogP contribution is 2.11. The summed E-state index contributed by atoms with van der Waals surface area (Å²) in [7, 11) is 0. The van der Waals surface area contributed by atoms with Gasteiger partial charge in [0, 0.05) is 12.6 Å². The van der Waals surface area contributed by atoms with Gasteiger partial charge in [-0.3, -0.25) is 4.90 Å². The third-order valence-electron chi connectivity index (χ3n) is 3.90. The molecule has 0 aromatic heterocycles. The average Bonchev–Trinajstić information content (AvgIpc) is 2.36. The van der Waals surface area contributed by atoms with E-state index in [1.807, 2.05) is 0 Å². The standard InChI is InChI=1S/C16H26N2/c1-3-16-9-12-18(11-4-10-17-16)13-15-7-5-14(2)6-8-15/h5-8,16-17H,3-4,9-13H2,1-2H3. The first-order chi connectivity index (χ1) is 8.78. The van der Waals surface area contributed by atoms with Crippen molar-refractivity contribution in [1.29, 1.82) is 0 Å². The Bertz CT molecular complexity index is 345. The van der Waals surface area contributed by atoms with Crippen LogP contribution in [0.5, 0.6) is 0 Å². The monoisotopic (exact) mass is 246 g/mol. The van der Waals surface area contributed by atoms with Crippen molar-refractivity contribution < 1.29 is 0 Å². The molecule has 1 N–H and O–H groups in total. The first-order valence-corrected chi connectivity index (χ1v) is 7.29. The molecule has 0 radical (unpaired) electrons. The van der Waals surface area contributed by atoms with Crippen LogP contribution >= 0.6 is 0 Å². The molecule has 0 saturated carbocycles. The van der Waals surface area contributed by atoms with Crippen molar-refractivity contribution in [2.75, 3.05) is 19.6 Å². The second-order valence-electron chi connectivity index (χ2n) is 5.46. The van der Waals surface area contributed by atoms with Gasteiger partial charge in [-0.25, -0.2) is 0 Å². The second kappa shape index (κ2) is 6.91. The van der Waals surface area contributed by atoms with E-state index >= 15 is 0 Å². The van der Waals surface area contributed by atoms with Crippen molar-refractivity contribution in [2.24, 2.45) is 0 Å². The molecule has 0 aliphatic carbocycles. The van der Waals surface area contributed by atoms with Crippen molar-refractivity contribution >= 4 is 0 Å². The summed E-state index contributed by atoms with van der Waals surface area (Å²) in [5.74, 6) is 0. The summed E-state index contributed by atoms with van der Waals surface area (Å²) >= 11 is 0. The van der Waals surface area contributed by atoms with Gasteiger partial charge in [-0.2, -0.15) is 0 Å². The average molecular weight is 246 g/mol. The van der Waals surface area contributed by atoms with E-state index < -0.39 is 0 Å². The van der Waals surface area contributed by atoms with E-state index in [2.05, 4.69) is 48.3 Å². The molecule has 100 valence electrons. The normalized spacial score (nSPS) is 22.4. The van der Waals surface area contributed by atoms with E-state index in [-0.39, 0.29) is 0 Å². The first-order valence-electron chi connectivity index (χ1n) is 7.29. The molecular formula is C16H26N2. The van der Waals surface area contributed by atoms with Crippen molar-refractivity contribution in [1.82, 2.24) is 10.2 Å². The van der Waals surface area contributed by atoms with Crippen LogP contribution < -0.4 is 5.32 Å². The van der Waals surface area contributed by atoms with Crippen LogP contribution in [0.15, 0.2) is 24.3 Å². The quantitative estimate of drug-likeness (QED) is 0.882. The Morgan fingerprint density at radius 1 is 1.22 bits per heavy atom. The van der Waals surface area contributed by atoms with E-state index in [1.54, 1.807) is 0 Å². The van der Waals surface area contributed by atoms with Gasteiger partial charge in [-0.05, 0) is 51.4 Å². The highest BCUT2D eigenvalue weighted by molar-refractivity contribution is 5.21. The third kappa shape index (κ3) is 4.11. The molecule has 1 atom stereocenters. The molecule has 2 heteroatoms. The highest BCUT2D eigenvalue weighted by Gasteiger charge is 2.13. The fourth-order valence-electron chi connectivity index (χ4n) is 2.62. The van der Waals surface area contributed by atoms with Gasteiger partial charge >= 0.3 is 0 Å². The van der Waals surface area contributed by atoms with Crippen LogP contribution in [0.2, 0.25) is 0 Å². The molecule has 1 aliphatic rings. The number of aryl methyl sites for hydroxylation is 1. The van der Waals surface area contributed by atoms with E-state index in [0.717, 1.165) is 6.54 Å². The van der Waals surface area contributed by atoms with Gasteiger partial charge in [0.25, 0.3) is 0 Å². The predicted octanol–water partition coefficient (Wildman–Crippen LogP) is 2.96. The van der Waals surface area contributed by atoms with Crippen LogP contribution in [0.1, 0.15) is 37.3 Å². The maximum Gasteiger partial charge on any atom is 0.0233 e. The molecule has 1 aliphatic heterocycles. The zero-order chi connectivity index (χ0) is 12.8. The van der Waals surface area contributed by atoms with Crippen LogP contribution in [0.25, 0.3) is 0 Å². The minimum absolute atomic E-state index is 0.714. The van der Waals surface area contributed by atoms with Crippen LogP contribution in [-0.2, 0) is 6.54 Å². The third-order valence-corrected chi connectivity index (χ3v) is 3.90. The van der Waals surface area contributed by atoms with Crippen molar-refractivity contribution in [3.63, 3.8) is 0 Å². The Balaban J connectivity index is 1.89. The van der Waals surface area contributed by atoms with Gasteiger partial charge in [0.2, 0.25) is 0 Å². The first kappa shape index (κ1) is 13.6. The smallest absolute Gasteiger partial charge is 0.0233 e. The fourth-order valence-corrected chi connectivity index (χ4v) is 2.62. The highest BCUT2D eigenvalue weighted by atomic mass is 15.1. The van der Waals surface area contributed by atoms with Gasteiger partial charge in [0.1, 0.15) is 0 Å². The van der Waals surface area contributed by atoms with Gasteiger partial charge in [0.15, 0.2) is 0 Å². The fraction of sp³-hybridized carbons (Fsp3) is 0.625. The SMILES string of the molecule is CCC1CCN(Cc2ccc(C)cc2)CCCN1. The Morgan fingerprint density at radius 2 is 2.00 bits per heavy atom. The molecule has 1 heterocycles. The molecule has 0 amide bonds. The topological polar surface area (TPSA) is 15.3 Å². The molecule has 1 saturated heterocycles. The maximum atomic E-state index is 3.64. The van der Waals surface area contributed by atoms with E-state index in [4.69, 9.17) is 0 Å². The van der Waals surface area contributed by atoms with Crippen molar-refractivity contribution in [2.45, 2.75) is 45.7 Å². The lowest BCUT2D eigenvalue weighted by Crippen LogP contribution is -2.39. The largest absolute Gasteiger partial charge is 0.314 e. The summed E-state index contributed by atoms with van der Waals surface area (Å²) in [6.45, 7) is 9.15. The lowest BCUT2D eigenvalue weighted by atomic mass is 10.1. The molecule has 1 unspecified atom stereocenters. The summed E-state index contributed by atoms with van der Waals surface area (Å²) in [6, 6.07) is 9.68. The zero-order valence-electron chi connectivity index (χ0n) is 11.8. The van der Waals surface area contributed by atoms with Gasteiger partial charge < -0.3 is 5.32 Å². The van der Waals surface area contributed by atoms with E-state index in [0.29, 0.717) is 6.04 Å². The molecule has 0 bridgehead atoms. The van der Waals surface area contributed by atoms with Crippen LogP contribution in [-0.4, -0.2) is 30.6 Å².